The highest BCUT2D eigenvalue weighted by atomic mass is 15.1. The Labute approximate surface area is 82.5 Å². The topological polar surface area (TPSA) is 3.24 Å². The van der Waals surface area contributed by atoms with Crippen LogP contribution in [0.15, 0.2) is 0 Å². The molecule has 1 heterocycles. The zero-order valence-corrected chi connectivity index (χ0v) is 8.97. The zero-order valence-electron chi connectivity index (χ0n) is 8.97. The summed E-state index contributed by atoms with van der Waals surface area (Å²) in [6, 6.07) is 0. The lowest BCUT2D eigenvalue weighted by molar-refractivity contribution is 0.132. The van der Waals surface area contributed by atoms with Crippen LogP contribution in [0.5, 0.6) is 0 Å². The van der Waals surface area contributed by atoms with E-state index in [1.165, 1.54) is 51.6 Å². The van der Waals surface area contributed by atoms with Crippen LogP contribution in [0.3, 0.4) is 0 Å². The van der Waals surface area contributed by atoms with Crippen molar-refractivity contribution in [2.45, 2.75) is 44.9 Å². The summed E-state index contributed by atoms with van der Waals surface area (Å²) in [6.07, 6.45) is 10.5. The zero-order chi connectivity index (χ0) is 9.10. The molecule has 1 nitrogen and oxygen atoms in total. The first-order valence-corrected chi connectivity index (χ1v) is 6.05. The number of hydrogen-bond donors (Lipinski definition) is 0. The second-order valence-corrected chi connectivity index (χ2v) is 5.04. The Morgan fingerprint density at radius 3 is 2.08 bits per heavy atom. The van der Waals surface area contributed by atoms with Crippen molar-refractivity contribution in [1.82, 2.24) is 4.90 Å². The molecule has 0 spiro atoms. The molecule has 13 heavy (non-hydrogen) atoms. The molecule has 1 aliphatic heterocycles. The fraction of sp³-hybridized carbons (Fsp3) is 1.00. The first-order chi connectivity index (χ1) is 6.36. The molecule has 2 unspecified atom stereocenters. The molecule has 0 radical (unpaired) electrons. The first kappa shape index (κ1) is 9.51. The lowest BCUT2D eigenvalue weighted by atomic mass is 9.69. The quantitative estimate of drug-likeness (QED) is 0.555. The molecule has 2 fully saturated rings. The van der Waals surface area contributed by atoms with Gasteiger partial charge in [-0.15, -0.1) is 0 Å². The summed E-state index contributed by atoms with van der Waals surface area (Å²) in [6.45, 7) is 2.67. The molecule has 0 bridgehead atoms. The average molecular weight is 181 g/mol. The maximum atomic E-state index is 2.51. The van der Waals surface area contributed by atoms with Gasteiger partial charge in [0.15, 0.2) is 0 Å². The van der Waals surface area contributed by atoms with E-state index in [-0.39, 0.29) is 0 Å². The Morgan fingerprint density at radius 1 is 0.769 bits per heavy atom. The normalized spacial score (nSPS) is 37.6. The third-order valence-corrected chi connectivity index (χ3v) is 4.05. The van der Waals surface area contributed by atoms with E-state index < -0.39 is 0 Å². The molecule has 0 aromatic carbocycles. The van der Waals surface area contributed by atoms with Gasteiger partial charge in [0.05, 0.1) is 0 Å². The van der Waals surface area contributed by atoms with E-state index in [0.717, 1.165) is 11.8 Å². The summed E-state index contributed by atoms with van der Waals surface area (Å²) in [5.41, 5.74) is 0. The summed E-state index contributed by atoms with van der Waals surface area (Å²) in [5, 5.41) is 0. The Hall–Kier alpha value is -0.0400. The minimum absolute atomic E-state index is 1.12. The first-order valence-electron chi connectivity index (χ1n) is 6.05. The van der Waals surface area contributed by atoms with Gasteiger partial charge in [0.2, 0.25) is 0 Å². The van der Waals surface area contributed by atoms with Crippen LogP contribution in [-0.4, -0.2) is 25.0 Å². The Morgan fingerprint density at radius 2 is 1.38 bits per heavy atom. The van der Waals surface area contributed by atoms with E-state index in [0.29, 0.717) is 0 Å². The molecule has 1 heteroatoms. The minimum atomic E-state index is 1.12. The van der Waals surface area contributed by atoms with Gasteiger partial charge in [-0.05, 0) is 64.1 Å². The molecule has 0 amide bonds. The van der Waals surface area contributed by atoms with Crippen LogP contribution in [-0.2, 0) is 0 Å². The van der Waals surface area contributed by atoms with E-state index in [2.05, 4.69) is 11.9 Å². The third kappa shape index (κ3) is 2.46. The largest absolute Gasteiger partial charge is 0.306 e. The van der Waals surface area contributed by atoms with Gasteiger partial charge >= 0.3 is 0 Å². The Balaban J connectivity index is 1.78. The van der Waals surface area contributed by atoms with Crippen LogP contribution in [0.1, 0.15) is 44.9 Å². The smallest absolute Gasteiger partial charge is 0.00217 e. The van der Waals surface area contributed by atoms with Crippen molar-refractivity contribution in [1.29, 1.82) is 0 Å². The van der Waals surface area contributed by atoms with E-state index in [9.17, 15) is 0 Å². The van der Waals surface area contributed by atoms with Gasteiger partial charge in [-0.2, -0.15) is 0 Å². The second kappa shape index (κ2) is 4.45. The molecular formula is C12H23N. The van der Waals surface area contributed by atoms with Gasteiger partial charge in [0.25, 0.3) is 0 Å². The van der Waals surface area contributed by atoms with Crippen LogP contribution >= 0.6 is 0 Å². The molecular weight excluding hydrogens is 158 g/mol. The van der Waals surface area contributed by atoms with Crippen molar-refractivity contribution >= 4 is 0 Å². The van der Waals surface area contributed by atoms with Crippen molar-refractivity contribution in [3.63, 3.8) is 0 Å². The molecule has 1 saturated heterocycles. The fourth-order valence-corrected chi connectivity index (χ4v) is 2.92. The number of rotatable bonds is 0. The molecule has 76 valence electrons. The lowest BCUT2D eigenvalue weighted by Crippen LogP contribution is -2.29. The minimum Gasteiger partial charge on any atom is -0.306 e. The molecule has 1 saturated carbocycles. The van der Waals surface area contributed by atoms with Gasteiger partial charge in [-0.25, -0.2) is 0 Å². The van der Waals surface area contributed by atoms with Crippen molar-refractivity contribution in [2.75, 3.05) is 20.1 Å². The van der Waals surface area contributed by atoms with Gasteiger partial charge in [0.1, 0.15) is 0 Å². The van der Waals surface area contributed by atoms with Crippen molar-refractivity contribution in [3.05, 3.63) is 0 Å². The SMILES string of the molecule is CN1CCCCC2CCC2CCC1. The predicted octanol–water partition coefficient (Wildman–Crippen LogP) is 2.91. The number of nitrogens with zero attached hydrogens (tertiary/aromatic N) is 1. The van der Waals surface area contributed by atoms with Gasteiger partial charge in [-0.1, -0.05) is 12.8 Å². The molecule has 2 atom stereocenters. The molecule has 0 aromatic heterocycles. The monoisotopic (exact) mass is 181 g/mol. The van der Waals surface area contributed by atoms with E-state index >= 15 is 0 Å². The number of fused-ring (bicyclic) bond motifs is 1. The predicted molar refractivity (Wildman–Crippen MR) is 56.8 cm³/mol. The van der Waals surface area contributed by atoms with Crippen molar-refractivity contribution in [3.8, 4) is 0 Å². The van der Waals surface area contributed by atoms with Crippen LogP contribution in [0.25, 0.3) is 0 Å². The molecule has 0 aromatic rings. The van der Waals surface area contributed by atoms with Crippen LogP contribution in [0.2, 0.25) is 0 Å². The summed E-state index contributed by atoms with van der Waals surface area (Å²) < 4.78 is 0. The van der Waals surface area contributed by atoms with Crippen LogP contribution < -0.4 is 0 Å². The third-order valence-electron chi connectivity index (χ3n) is 4.05. The van der Waals surface area contributed by atoms with Gasteiger partial charge in [-0.3, -0.25) is 0 Å². The lowest BCUT2D eigenvalue weighted by Gasteiger charge is -2.38. The molecule has 0 N–H and O–H groups in total. The maximum Gasteiger partial charge on any atom is -0.00217 e. The van der Waals surface area contributed by atoms with E-state index in [1.807, 2.05) is 0 Å². The molecule has 1 aliphatic carbocycles. The van der Waals surface area contributed by atoms with E-state index in [4.69, 9.17) is 0 Å². The highest BCUT2D eigenvalue weighted by molar-refractivity contribution is 4.81. The highest BCUT2D eigenvalue weighted by Crippen LogP contribution is 2.41. The Kier molecular flexibility index (Phi) is 3.26. The van der Waals surface area contributed by atoms with Crippen molar-refractivity contribution in [2.24, 2.45) is 11.8 Å². The highest BCUT2D eigenvalue weighted by Gasteiger charge is 2.29. The molecule has 2 aliphatic rings. The van der Waals surface area contributed by atoms with Crippen LogP contribution in [0.4, 0.5) is 0 Å². The van der Waals surface area contributed by atoms with Crippen LogP contribution in [0, 0.1) is 11.8 Å². The molecule has 2 rings (SSSR count). The van der Waals surface area contributed by atoms with E-state index in [1.54, 1.807) is 6.42 Å². The summed E-state index contributed by atoms with van der Waals surface area (Å²) in [5.74, 6) is 2.25. The Bertz CT molecular complexity index is 155. The summed E-state index contributed by atoms with van der Waals surface area (Å²) in [4.78, 5) is 2.51. The standard InChI is InChI=1S/C12H23N/c1-13-9-3-2-5-11-7-8-12(11)6-4-10-13/h11-12H,2-10H2,1H3. The summed E-state index contributed by atoms with van der Waals surface area (Å²) >= 11 is 0. The summed E-state index contributed by atoms with van der Waals surface area (Å²) in [7, 11) is 2.28. The number of hydrogen-bond acceptors (Lipinski definition) is 1. The second-order valence-electron chi connectivity index (χ2n) is 5.04. The van der Waals surface area contributed by atoms with Gasteiger partial charge < -0.3 is 4.90 Å². The maximum absolute atomic E-state index is 2.51. The van der Waals surface area contributed by atoms with Crippen molar-refractivity contribution < 1.29 is 0 Å². The van der Waals surface area contributed by atoms with Gasteiger partial charge in [0, 0.05) is 0 Å². The fourth-order valence-electron chi connectivity index (χ4n) is 2.92. The average Bonchev–Trinajstić information content (AvgIpc) is 2.09.